The fourth-order valence-corrected chi connectivity index (χ4v) is 4.70. The van der Waals surface area contributed by atoms with Crippen molar-refractivity contribution in [2.75, 3.05) is 45.3 Å². The summed E-state index contributed by atoms with van der Waals surface area (Å²) in [5.41, 5.74) is 0.875. The summed E-state index contributed by atoms with van der Waals surface area (Å²) in [6.45, 7) is 1.59. The SMILES string of the molecule is COc1ccc(N2CCN(S(=O)(=O)c3ccc(F)c(Cl)c3)CC2)c(OC)c1. The normalized spacial score (nSPS) is 15.6. The molecule has 1 aliphatic rings. The van der Waals surface area contributed by atoms with Crippen molar-refractivity contribution < 1.29 is 22.3 Å². The lowest BCUT2D eigenvalue weighted by Gasteiger charge is -2.36. The van der Waals surface area contributed by atoms with E-state index in [4.69, 9.17) is 21.1 Å². The van der Waals surface area contributed by atoms with E-state index in [1.165, 1.54) is 10.4 Å². The molecule has 0 bridgehead atoms. The van der Waals surface area contributed by atoms with Gasteiger partial charge in [0.1, 0.15) is 17.3 Å². The molecule has 1 aliphatic heterocycles. The molecule has 27 heavy (non-hydrogen) atoms. The van der Waals surface area contributed by atoms with Crippen molar-refractivity contribution in [3.8, 4) is 11.5 Å². The molecule has 146 valence electrons. The Hall–Kier alpha value is -2.03. The number of nitrogens with zero attached hydrogens (tertiary/aromatic N) is 2. The van der Waals surface area contributed by atoms with Crippen molar-refractivity contribution in [2.45, 2.75) is 4.90 Å². The maximum atomic E-state index is 13.3. The summed E-state index contributed by atoms with van der Waals surface area (Å²) in [5, 5.41) is -0.210. The molecule has 0 amide bonds. The smallest absolute Gasteiger partial charge is 0.243 e. The monoisotopic (exact) mass is 414 g/mol. The van der Waals surface area contributed by atoms with Gasteiger partial charge in [-0.15, -0.1) is 0 Å². The molecule has 1 heterocycles. The van der Waals surface area contributed by atoms with Gasteiger partial charge in [-0.25, -0.2) is 12.8 Å². The lowest BCUT2D eigenvalue weighted by atomic mass is 10.2. The molecule has 0 N–H and O–H groups in total. The van der Waals surface area contributed by atoms with E-state index in [1.54, 1.807) is 20.3 Å². The zero-order valence-corrected chi connectivity index (χ0v) is 16.6. The minimum atomic E-state index is -3.73. The van der Waals surface area contributed by atoms with Crippen LogP contribution in [-0.4, -0.2) is 53.1 Å². The summed E-state index contributed by atoms with van der Waals surface area (Å²) in [4.78, 5) is 2.05. The number of sulfonamides is 1. The summed E-state index contributed by atoms with van der Waals surface area (Å²) >= 11 is 5.73. The van der Waals surface area contributed by atoms with E-state index in [0.717, 1.165) is 17.8 Å². The molecule has 0 spiro atoms. The Balaban J connectivity index is 1.76. The summed E-state index contributed by atoms with van der Waals surface area (Å²) in [7, 11) is -0.565. The summed E-state index contributed by atoms with van der Waals surface area (Å²) in [6, 6.07) is 8.95. The van der Waals surface area contributed by atoms with Crippen LogP contribution in [0.15, 0.2) is 41.3 Å². The highest BCUT2D eigenvalue weighted by Crippen LogP contribution is 2.33. The van der Waals surface area contributed by atoms with Gasteiger partial charge in [-0.05, 0) is 30.3 Å². The molecule has 0 radical (unpaired) electrons. The van der Waals surface area contributed by atoms with Gasteiger partial charge < -0.3 is 14.4 Å². The van der Waals surface area contributed by atoms with Gasteiger partial charge in [-0.3, -0.25) is 0 Å². The van der Waals surface area contributed by atoms with Crippen LogP contribution in [0, 0.1) is 5.82 Å². The van der Waals surface area contributed by atoms with Gasteiger partial charge in [0, 0.05) is 32.2 Å². The van der Waals surface area contributed by atoms with Crippen molar-refractivity contribution in [1.82, 2.24) is 4.31 Å². The lowest BCUT2D eigenvalue weighted by Crippen LogP contribution is -2.48. The van der Waals surface area contributed by atoms with E-state index in [1.807, 2.05) is 12.1 Å². The highest BCUT2D eigenvalue weighted by molar-refractivity contribution is 7.89. The molecule has 3 rings (SSSR count). The second-order valence-corrected chi connectivity index (χ2v) is 8.35. The lowest BCUT2D eigenvalue weighted by molar-refractivity contribution is 0.375. The summed E-state index contributed by atoms with van der Waals surface area (Å²) in [5.74, 6) is 0.702. The molecular formula is C18H20ClFN2O4S. The first-order chi connectivity index (χ1) is 12.9. The Kier molecular flexibility index (Phi) is 5.78. The molecule has 0 atom stereocenters. The van der Waals surface area contributed by atoms with E-state index in [0.29, 0.717) is 37.7 Å². The Morgan fingerprint density at radius 3 is 2.30 bits per heavy atom. The van der Waals surface area contributed by atoms with Crippen LogP contribution in [0.3, 0.4) is 0 Å². The minimum Gasteiger partial charge on any atom is -0.497 e. The zero-order valence-electron chi connectivity index (χ0n) is 15.0. The molecule has 2 aromatic carbocycles. The fraction of sp³-hybridized carbons (Fsp3) is 0.333. The van der Waals surface area contributed by atoms with E-state index in [2.05, 4.69) is 4.90 Å². The fourth-order valence-electron chi connectivity index (χ4n) is 3.00. The number of halogens is 2. The van der Waals surface area contributed by atoms with Gasteiger partial charge in [-0.2, -0.15) is 4.31 Å². The second kappa shape index (κ2) is 7.92. The van der Waals surface area contributed by atoms with Crippen LogP contribution in [0.4, 0.5) is 10.1 Å². The van der Waals surface area contributed by atoms with E-state index < -0.39 is 15.8 Å². The average molecular weight is 415 g/mol. The highest BCUT2D eigenvalue weighted by atomic mass is 35.5. The second-order valence-electron chi connectivity index (χ2n) is 6.00. The number of methoxy groups -OCH3 is 2. The summed E-state index contributed by atoms with van der Waals surface area (Å²) < 4.78 is 50.9. The average Bonchev–Trinajstić information content (AvgIpc) is 2.69. The maximum absolute atomic E-state index is 13.3. The van der Waals surface area contributed by atoms with Crippen LogP contribution < -0.4 is 14.4 Å². The Labute approximate surface area is 163 Å². The standard InChI is InChI=1S/C18H20ClFN2O4S/c1-25-13-3-6-17(18(11-13)26-2)21-7-9-22(10-8-21)27(23,24)14-4-5-16(20)15(19)12-14/h3-6,11-12H,7-10H2,1-2H3. The van der Waals surface area contributed by atoms with Gasteiger partial charge in [0.2, 0.25) is 10.0 Å². The number of piperazine rings is 1. The third-order valence-corrected chi connectivity index (χ3v) is 6.68. The first kappa shape index (κ1) is 19.7. The van der Waals surface area contributed by atoms with Crippen LogP contribution >= 0.6 is 11.6 Å². The number of ether oxygens (including phenoxy) is 2. The molecule has 1 saturated heterocycles. The third-order valence-electron chi connectivity index (χ3n) is 4.50. The Bertz CT molecular complexity index is 931. The van der Waals surface area contributed by atoms with Gasteiger partial charge in [0.25, 0.3) is 0 Å². The molecule has 0 saturated carbocycles. The van der Waals surface area contributed by atoms with E-state index in [-0.39, 0.29) is 9.92 Å². The molecule has 1 fully saturated rings. The molecule has 0 unspecified atom stereocenters. The Morgan fingerprint density at radius 2 is 1.70 bits per heavy atom. The minimum absolute atomic E-state index is 0.00984. The van der Waals surface area contributed by atoms with Crippen molar-refractivity contribution in [3.63, 3.8) is 0 Å². The van der Waals surface area contributed by atoms with Crippen LogP contribution in [-0.2, 0) is 10.0 Å². The number of anilines is 1. The molecule has 2 aromatic rings. The third kappa shape index (κ3) is 3.97. The molecule has 9 heteroatoms. The molecule has 0 aromatic heterocycles. The van der Waals surface area contributed by atoms with E-state index >= 15 is 0 Å². The number of hydrogen-bond acceptors (Lipinski definition) is 5. The number of hydrogen-bond donors (Lipinski definition) is 0. The number of benzene rings is 2. The predicted molar refractivity (Wildman–Crippen MR) is 102 cm³/mol. The quantitative estimate of drug-likeness (QED) is 0.752. The Morgan fingerprint density at radius 1 is 1.00 bits per heavy atom. The van der Waals surface area contributed by atoms with Crippen molar-refractivity contribution in [1.29, 1.82) is 0 Å². The van der Waals surface area contributed by atoms with Crippen LogP contribution in [0.2, 0.25) is 5.02 Å². The van der Waals surface area contributed by atoms with Crippen LogP contribution in [0.5, 0.6) is 11.5 Å². The number of rotatable bonds is 5. The largest absolute Gasteiger partial charge is 0.497 e. The zero-order chi connectivity index (χ0) is 19.6. The first-order valence-corrected chi connectivity index (χ1v) is 10.1. The topological polar surface area (TPSA) is 59.1 Å². The van der Waals surface area contributed by atoms with Gasteiger partial charge in [0.05, 0.1) is 29.8 Å². The van der Waals surface area contributed by atoms with Crippen molar-refractivity contribution >= 4 is 27.3 Å². The van der Waals surface area contributed by atoms with Crippen LogP contribution in [0.25, 0.3) is 0 Å². The molecular weight excluding hydrogens is 395 g/mol. The maximum Gasteiger partial charge on any atom is 0.243 e. The van der Waals surface area contributed by atoms with E-state index in [9.17, 15) is 12.8 Å². The van der Waals surface area contributed by atoms with Gasteiger partial charge in [0.15, 0.2) is 0 Å². The predicted octanol–water partition coefficient (Wildman–Crippen LogP) is 3.01. The molecule has 6 nitrogen and oxygen atoms in total. The summed E-state index contributed by atoms with van der Waals surface area (Å²) in [6.07, 6.45) is 0. The highest BCUT2D eigenvalue weighted by Gasteiger charge is 2.30. The van der Waals surface area contributed by atoms with Crippen molar-refractivity contribution in [2.24, 2.45) is 0 Å². The first-order valence-electron chi connectivity index (χ1n) is 8.29. The molecule has 0 aliphatic carbocycles. The van der Waals surface area contributed by atoms with Crippen molar-refractivity contribution in [3.05, 3.63) is 47.2 Å². The van der Waals surface area contributed by atoms with Gasteiger partial charge in [-0.1, -0.05) is 11.6 Å². The van der Waals surface area contributed by atoms with Gasteiger partial charge >= 0.3 is 0 Å². The van der Waals surface area contributed by atoms with Crippen LogP contribution in [0.1, 0.15) is 0 Å².